The molecule has 0 saturated carbocycles. The molecule has 0 bridgehead atoms. The Hall–Kier alpha value is -4.18. The minimum absolute atomic E-state index is 0.0952. The van der Waals surface area contributed by atoms with E-state index in [2.05, 4.69) is 32.2 Å². The third-order valence-electron chi connectivity index (χ3n) is 6.06. The van der Waals surface area contributed by atoms with E-state index in [1.54, 1.807) is 13.3 Å². The summed E-state index contributed by atoms with van der Waals surface area (Å²) < 4.78 is 5.50. The second-order valence-corrected chi connectivity index (χ2v) is 8.45. The van der Waals surface area contributed by atoms with Crippen LogP contribution < -0.4 is 15.0 Å². The van der Waals surface area contributed by atoms with Gasteiger partial charge in [0.2, 0.25) is 0 Å². The topological polar surface area (TPSA) is 132 Å². The lowest BCUT2D eigenvalue weighted by atomic mass is 10.1. The van der Waals surface area contributed by atoms with E-state index in [-0.39, 0.29) is 5.91 Å². The van der Waals surface area contributed by atoms with Gasteiger partial charge in [-0.1, -0.05) is 36.4 Å². The Labute approximate surface area is 215 Å². The largest absolute Gasteiger partial charge is 0.495 e. The van der Waals surface area contributed by atoms with Crippen molar-refractivity contribution in [3.63, 3.8) is 0 Å². The van der Waals surface area contributed by atoms with Crippen molar-refractivity contribution in [3.8, 4) is 5.75 Å². The number of carboxylic acids is 2. The van der Waals surface area contributed by atoms with Crippen molar-refractivity contribution in [2.75, 3.05) is 51.3 Å². The zero-order valence-electron chi connectivity index (χ0n) is 20.8. The summed E-state index contributed by atoms with van der Waals surface area (Å²) in [5, 5.41) is 19.7. The monoisotopic (exact) mass is 508 g/mol. The van der Waals surface area contributed by atoms with Gasteiger partial charge in [0.05, 0.1) is 12.8 Å². The number of hydrogen-bond acceptors (Lipinski definition) is 7. The molecular formula is C27H32N4O6. The van der Waals surface area contributed by atoms with E-state index >= 15 is 0 Å². The number of ether oxygens (including phenoxy) is 1. The lowest BCUT2D eigenvalue weighted by Crippen LogP contribution is -2.46. The Balaban J connectivity index is 0.000000568. The van der Waals surface area contributed by atoms with Gasteiger partial charge in [-0.2, -0.15) is 0 Å². The van der Waals surface area contributed by atoms with Crippen LogP contribution in [-0.2, 0) is 9.59 Å². The van der Waals surface area contributed by atoms with Crippen LogP contribution in [0.25, 0.3) is 10.8 Å². The van der Waals surface area contributed by atoms with Gasteiger partial charge in [-0.25, -0.2) is 9.59 Å². The number of anilines is 1. The summed E-state index contributed by atoms with van der Waals surface area (Å²) in [7, 11) is 1.73. The van der Waals surface area contributed by atoms with Gasteiger partial charge in [0.1, 0.15) is 11.4 Å². The average Bonchev–Trinajstić information content (AvgIpc) is 2.93. The van der Waals surface area contributed by atoms with Gasteiger partial charge in [0, 0.05) is 44.3 Å². The van der Waals surface area contributed by atoms with Crippen LogP contribution >= 0.6 is 0 Å². The predicted molar refractivity (Wildman–Crippen MR) is 140 cm³/mol. The predicted octanol–water partition coefficient (Wildman–Crippen LogP) is 2.73. The Morgan fingerprint density at radius 1 is 0.919 bits per heavy atom. The molecule has 1 aliphatic rings. The minimum Gasteiger partial charge on any atom is -0.495 e. The smallest absolute Gasteiger partial charge is 0.414 e. The van der Waals surface area contributed by atoms with Crippen molar-refractivity contribution in [2.45, 2.75) is 12.8 Å². The van der Waals surface area contributed by atoms with Crippen LogP contribution in [0.15, 0.2) is 60.8 Å². The van der Waals surface area contributed by atoms with Crippen molar-refractivity contribution in [3.05, 3.63) is 66.5 Å². The second-order valence-electron chi connectivity index (χ2n) is 8.45. The number of piperazine rings is 1. The molecule has 0 unspecified atom stereocenters. The van der Waals surface area contributed by atoms with Gasteiger partial charge >= 0.3 is 11.9 Å². The minimum atomic E-state index is -1.82. The molecule has 1 aromatic heterocycles. The van der Waals surface area contributed by atoms with Crippen LogP contribution in [0.2, 0.25) is 0 Å². The van der Waals surface area contributed by atoms with Gasteiger partial charge in [-0.05, 0) is 43.0 Å². The fourth-order valence-corrected chi connectivity index (χ4v) is 4.15. The third kappa shape index (κ3) is 7.91. The molecule has 1 fully saturated rings. The van der Waals surface area contributed by atoms with Crippen molar-refractivity contribution in [1.82, 2.24) is 15.2 Å². The number of nitrogens with zero attached hydrogens (tertiary/aromatic N) is 3. The van der Waals surface area contributed by atoms with Crippen LogP contribution in [0.1, 0.15) is 23.3 Å². The maximum Gasteiger partial charge on any atom is 0.414 e. The molecule has 0 radical (unpaired) electrons. The van der Waals surface area contributed by atoms with Crippen molar-refractivity contribution in [1.29, 1.82) is 0 Å². The van der Waals surface area contributed by atoms with Crippen LogP contribution in [-0.4, -0.2) is 84.3 Å². The number of carbonyl (C=O) groups excluding carboxylic acids is 1. The first-order chi connectivity index (χ1) is 17.9. The highest BCUT2D eigenvalue weighted by atomic mass is 16.5. The number of nitrogens with one attached hydrogen (secondary N) is 1. The number of carboxylic acid groups (broad SMARTS) is 2. The molecule has 1 amide bonds. The number of rotatable bonds is 8. The molecule has 37 heavy (non-hydrogen) atoms. The number of para-hydroxylation sites is 2. The SMILES string of the molecule is COc1ccccc1N1CCN(CCCCNC(=O)c2nccc3ccccc23)CC1.O=C(O)C(=O)O. The lowest BCUT2D eigenvalue weighted by molar-refractivity contribution is -0.159. The van der Waals surface area contributed by atoms with Crippen molar-refractivity contribution >= 4 is 34.3 Å². The van der Waals surface area contributed by atoms with Crippen LogP contribution in [0, 0.1) is 0 Å². The zero-order chi connectivity index (χ0) is 26.6. The molecule has 1 aliphatic heterocycles. The summed E-state index contributed by atoms with van der Waals surface area (Å²) in [5.74, 6) is -2.81. The van der Waals surface area contributed by atoms with Gasteiger partial charge in [0.15, 0.2) is 0 Å². The molecule has 10 heteroatoms. The second kappa shape index (κ2) is 13.8. The molecular weight excluding hydrogens is 476 g/mol. The average molecular weight is 509 g/mol. The quantitative estimate of drug-likeness (QED) is 0.310. The Morgan fingerprint density at radius 2 is 1.59 bits per heavy atom. The van der Waals surface area contributed by atoms with E-state index in [1.807, 2.05) is 42.5 Å². The van der Waals surface area contributed by atoms with E-state index in [1.165, 1.54) is 5.69 Å². The summed E-state index contributed by atoms with van der Waals surface area (Å²) >= 11 is 0. The molecule has 1 saturated heterocycles. The number of fused-ring (bicyclic) bond motifs is 1. The highest BCUT2D eigenvalue weighted by molar-refractivity contribution is 6.27. The van der Waals surface area contributed by atoms with Crippen LogP contribution in [0.3, 0.4) is 0 Å². The van der Waals surface area contributed by atoms with E-state index in [0.717, 1.165) is 62.1 Å². The number of methoxy groups -OCH3 is 1. The fraction of sp³-hybridized carbons (Fsp3) is 0.333. The molecule has 4 rings (SSSR count). The number of amides is 1. The maximum atomic E-state index is 12.5. The molecule has 2 heterocycles. The molecule has 0 atom stereocenters. The molecule has 0 aliphatic carbocycles. The highest BCUT2D eigenvalue weighted by Gasteiger charge is 2.19. The third-order valence-corrected chi connectivity index (χ3v) is 6.06. The maximum absolute atomic E-state index is 12.5. The number of hydrogen-bond donors (Lipinski definition) is 3. The van der Waals surface area contributed by atoms with Crippen LogP contribution in [0.5, 0.6) is 5.75 Å². The van der Waals surface area contributed by atoms with Gasteiger partial charge < -0.3 is 25.2 Å². The molecule has 196 valence electrons. The van der Waals surface area contributed by atoms with Gasteiger partial charge in [-0.15, -0.1) is 0 Å². The number of benzene rings is 2. The summed E-state index contributed by atoms with van der Waals surface area (Å²) in [6.07, 6.45) is 3.73. The van der Waals surface area contributed by atoms with E-state index in [9.17, 15) is 4.79 Å². The highest BCUT2D eigenvalue weighted by Crippen LogP contribution is 2.28. The molecule has 3 N–H and O–H groups in total. The summed E-state index contributed by atoms with van der Waals surface area (Å²) in [5.41, 5.74) is 1.68. The fourth-order valence-electron chi connectivity index (χ4n) is 4.15. The zero-order valence-corrected chi connectivity index (χ0v) is 20.8. The summed E-state index contributed by atoms with van der Waals surface area (Å²) in [6.45, 7) is 5.83. The summed E-state index contributed by atoms with van der Waals surface area (Å²) in [6, 6.07) is 18.0. The number of unbranched alkanes of at least 4 members (excludes halogenated alkanes) is 1. The Morgan fingerprint density at radius 3 is 2.30 bits per heavy atom. The van der Waals surface area contributed by atoms with Crippen molar-refractivity contribution in [2.24, 2.45) is 0 Å². The Kier molecular flexibility index (Phi) is 10.2. The number of pyridine rings is 1. The van der Waals surface area contributed by atoms with Gasteiger partial charge in [-0.3, -0.25) is 14.7 Å². The number of aromatic nitrogens is 1. The van der Waals surface area contributed by atoms with E-state index < -0.39 is 11.9 Å². The number of carbonyl (C=O) groups is 3. The molecule has 0 spiro atoms. The molecule has 10 nitrogen and oxygen atoms in total. The van der Waals surface area contributed by atoms with E-state index in [4.69, 9.17) is 24.5 Å². The first-order valence-electron chi connectivity index (χ1n) is 12.1. The molecule has 3 aromatic rings. The normalized spacial score (nSPS) is 13.4. The Bertz CT molecular complexity index is 1190. The van der Waals surface area contributed by atoms with Crippen molar-refractivity contribution < 1.29 is 29.3 Å². The standard InChI is InChI=1S/C25H30N4O2.C2H2O4/c1-31-23-11-5-4-10-22(23)29-18-16-28(17-19-29)15-7-6-13-27-25(30)24-21-9-3-2-8-20(21)12-14-26-24;3-1(4)2(5)6/h2-5,8-12,14H,6-7,13,15-19H2,1H3,(H,27,30);(H,3,4)(H,5,6). The first-order valence-corrected chi connectivity index (χ1v) is 12.1. The first kappa shape index (κ1) is 27.4. The van der Waals surface area contributed by atoms with Gasteiger partial charge in [0.25, 0.3) is 5.91 Å². The molecule has 2 aromatic carbocycles. The van der Waals surface area contributed by atoms with Crippen LogP contribution in [0.4, 0.5) is 5.69 Å². The van der Waals surface area contributed by atoms with E-state index in [0.29, 0.717) is 12.2 Å². The summed E-state index contributed by atoms with van der Waals surface area (Å²) in [4.78, 5) is 39.9. The lowest BCUT2D eigenvalue weighted by Gasteiger charge is -2.36. The number of aliphatic carboxylic acids is 2.